The average molecular weight is 539 g/mol. The maximum atomic E-state index is 17.3. The normalized spacial score (nSPS) is 44.0. The fourth-order valence-corrected chi connectivity index (χ4v) is 8.55. The van der Waals surface area contributed by atoms with Gasteiger partial charge in [0.15, 0.2) is 11.5 Å². The van der Waals surface area contributed by atoms with Gasteiger partial charge < -0.3 is 19.7 Å². The molecule has 0 bridgehead atoms. The molecule has 5 unspecified atom stereocenters. The molecule has 0 heterocycles. The van der Waals surface area contributed by atoms with Gasteiger partial charge in [0.25, 0.3) is 0 Å². The summed E-state index contributed by atoms with van der Waals surface area (Å²) < 4.78 is 44.3. The molecule has 0 aromatic carbocycles. The Balaban J connectivity index is 1.77. The molecule has 0 spiro atoms. The number of allylic oxidation sites excluding steroid dienone is 4. The van der Waals surface area contributed by atoms with Crippen molar-refractivity contribution in [1.29, 1.82) is 0 Å². The average Bonchev–Trinajstić information content (AvgIpc) is 3.02. The molecular weight excluding hydrogens is 498 g/mol. The third kappa shape index (κ3) is 3.63. The highest BCUT2D eigenvalue weighted by atomic mass is 19.1. The number of carboxylic acid groups (broad SMARTS) is 1. The Labute approximate surface area is 222 Å². The van der Waals surface area contributed by atoms with E-state index >= 15 is 8.78 Å². The van der Waals surface area contributed by atoms with Gasteiger partial charge in [0.1, 0.15) is 12.3 Å². The number of hydrogen-bond acceptors (Lipinski definition) is 6. The van der Waals surface area contributed by atoms with E-state index in [2.05, 4.69) is 0 Å². The van der Waals surface area contributed by atoms with Gasteiger partial charge in [-0.25, -0.2) is 18.4 Å². The Morgan fingerprint density at radius 3 is 2.26 bits per heavy atom. The van der Waals surface area contributed by atoms with E-state index in [0.717, 1.165) is 6.08 Å². The summed E-state index contributed by atoms with van der Waals surface area (Å²) in [4.78, 5) is 38.1. The molecule has 9 atom stereocenters. The summed E-state index contributed by atoms with van der Waals surface area (Å²) in [5.74, 6) is -4.49. The number of carbonyl (C=O) groups is 3. The van der Waals surface area contributed by atoms with Crippen molar-refractivity contribution in [1.82, 2.24) is 0 Å². The van der Waals surface area contributed by atoms with E-state index in [9.17, 15) is 24.6 Å². The molecule has 4 rings (SSSR count). The van der Waals surface area contributed by atoms with Crippen LogP contribution in [0.3, 0.4) is 0 Å². The van der Waals surface area contributed by atoms with Crippen molar-refractivity contribution >= 4 is 17.9 Å². The van der Waals surface area contributed by atoms with Crippen molar-refractivity contribution in [2.75, 3.05) is 0 Å². The molecule has 4 aliphatic carbocycles. The van der Waals surface area contributed by atoms with Crippen LogP contribution in [0, 0.1) is 40.4 Å². The summed E-state index contributed by atoms with van der Waals surface area (Å²) in [7, 11) is 0. The first-order valence-corrected chi connectivity index (χ1v) is 13.6. The molecule has 0 saturated heterocycles. The van der Waals surface area contributed by atoms with E-state index < -0.39 is 76.1 Å². The van der Waals surface area contributed by atoms with E-state index in [0.29, 0.717) is 0 Å². The summed E-state index contributed by atoms with van der Waals surface area (Å²) >= 11 is 0. The quantitative estimate of drug-likeness (QED) is 0.463. The van der Waals surface area contributed by atoms with Crippen LogP contribution in [0.4, 0.5) is 13.6 Å². The number of aliphatic carboxylic acids is 1. The number of ether oxygens (including phenoxy) is 2. The fourth-order valence-electron chi connectivity index (χ4n) is 8.55. The minimum atomic E-state index is -2.35. The number of halogens is 2. The number of carbonyl (C=O) groups excluding carboxylic acids is 2. The molecule has 4 aliphatic rings. The van der Waals surface area contributed by atoms with Crippen LogP contribution in [0.5, 0.6) is 0 Å². The topological polar surface area (TPSA) is 110 Å². The van der Waals surface area contributed by atoms with E-state index in [-0.39, 0.29) is 36.7 Å². The van der Waals surface area contributed by atoms with E-state index in [1.807, 2.05) is 27.7 Å². The zero-order valence-corrected chi connectivity index (χ0v) is 23.2. The van der Waals surface area contributed by atoms with Gasteiger partial charge in [-0.05, 0) is 61.7 Å². The maximum absolute atomic E-state index is 17.3. The molecular formula is C29H40F2O7. The third-order valence-corrected chi connectivity index (χ3v) is 10.3. The number of aliphatic hydroxyl groups excluding tert-OH is 1. The maximum Gasteiger partial charge on any atom is 0.509 e. The molecule has 3 fully saturated rings. The predicted molar refractivity (Wildman–Crippen MR) is 135 cm³/mol. The fraction of sp³-hybridized carbons (Fsp3) is 0.759. The number of ketones is 1. The lowest BCUT2D eigenvalue weighted by molar-refractivity contribution is -0.232. The van der Waals surface area contributed by atoms with Crippen LogP contribution in [0.2, 0.25) is 0 Å². The molecule has 212 valence electrons. The Morgan fingerprint density at radius 2 is 1.71 bits per heavy atom. The SMILES string of the molecule is CC(C)C(OC(=O)O[C@]1(C(=O)O)[C@H](C)CC2C3C[C@H](F)C4=CC(=O)C=CC4(C)[C@@]3(F)C(O)CC21C)C(C)C. The molecule has 9 heteroatoms. The number of rotatable bonds is 5. The molecule has 0 aliphatic heterocycles. The van der Waals surface area contributed by atoms with Gasteiger partial charge in [0, 0.05) is 22.7 Å². The van der Waals surface area contributed by atoms with Gasteiger partial charge in [-0.1, -0.05) is 47.6 Å². The molecule has 0 aromatic rings. The van der Waals surface area contributed by atoms with Crippen LogP contribution >= 0.6 is 0 Å². The summed E-state index contributed by atoms with van der Waals surface area (Å²) in [6, 6.07) is 0. The lowest BCUT2D eigenvalue weighted by atomic mass is 9.44. The highest BCUT2D eigenvalue weighted by Crippen LogP contribution is 2.71. The molecule has 38 heavy (non-hydrogen) atoms. The Kier molecular flexibility index (Phi) is 6.90. The first kappa shape index (κ1) is 28.7. The molecule has 0 amide bonds. The van der Waals surface area contributed by atoms with E-state index in [4.69, 9.17) is 9.47 Å². The van der Waals surface area contributed by atoms with Gasteiger partial charge in [-0.2, -0.15) is 0 Å². The highest BCUT2D eigenvalue weighted by Gasteiger charge is 2.78. The van der Waals surface area contributed by atoms with Crippen molar-refractivity contribution < 1.29 is 42.9 Å². The number of alkyl halides is 2. The van der Waals surface area contributed by atoms with Crippen molar-refractivity contribution in [2.24, 2.45) is 40.4 Å². The molecule has 7 nitrogen and oxygen atoms in total. The van der Waals surface area contributed by atoms with Crippen molar-refractivity contribution in [3.8, 4) is 0 Å². The largest absolute Gasteiger partial charge is 0.509 e. The molecule has 0 radical (unpaired) electrons. The second-order valence-electron chi connectivity index (χ2n) is 13.0. The third-order valence-electron chi connectivity index (χ3n) is 10.3. The summed E-state index contributed by atoms with van der Waals surface area (Å²) in [5.41, 5.74) is -7.46. The lowest BCUT2D eigenvalue weighted by Gasteiger charge is -2.62. The first-order valence-electron chi connectivity index (χ1n) is 13.6. The van der Waals surface area contributed by atoms with Crippen LogP contribution in [0.15, 0.2) is 23.8 Å². The smallest absolute Gasteiger partial charge is 0.478 e. The van der Waals surface area contributed by atoms with Gasteiger partial charge >= 0.3 is 12.1 Å². The summed E-state index contributed by atoms with van der Waals surface area (Å²) in [6.07, 6.45) is -1.82. The van der Waals surface area contributed by atoms with Gasteiger partial charge in [0.2, 0.25) is 5.60 Å². The van der Waals surface area contributed by atoms with E-state index in [1.54, 1.807) is 13.8 Å². The van der Waals surface area contributed by atoms with Gasteiger partial charge in [-0.3, -0.25) is 4.79 Å². The van der Waals surface area contributed by atoms with Crippen molar-refractivity contribution in [3.05, 3.63) is 23.8 Å². The zero-order valence-electron chi connectivity index (χ0n) is 23.2. The first-order chi connectivity index (χ1) is 17.5. The summed E-state index contributed by atoms with van der Waals surface area (Å²) in [6.45, 7) is 12.2. The monoisotopic (exact) mass is 538 g/mol. The highest BCUT2D eigenvalue weighted by molar-refractivity contribution is 6.01. The molecule has 2 N–H and O–H groups in total. The van der Waals surface area contributed by atoms with Crippen molar-refractivity contribution in [3.63, 3.8) is 0 Å². The minimum absolute atomic E-state index is 0.00446. The second-order valence-corrected chi connectivity index (χ2v) is 13.0. The Hall–Kier alpha value is -2.29. The number of fused-ring (bicyclic) bond motifs is 5. The minimum Gasteiger partial charge on any atom is -0.478 e. The predicted octanol–water partition coefficient (Wildman–Crippen LogP) is 5.21. The van der Waals surface area contributed by atoms with Crippen LogP contribution in [-0.2, 0) is 19.1 Å². The standard InChI is InChI=1S/C29H40F2O7/c1-14(2)23(15(3)4)37-25(36)38-29(24(34)35)16(5)10-18-19-12-21(30)20-11-17(32)8-9-26(20,6)28(19,31)22(33)13-27(18,29)7/h8-9,11,14-16,18-19,21-23,33H,10,12-13H2,1-7H3,(H,34,35)/t16-,18?,19?,21+,22?,26?,27?,28+,29+/m1/s1. The van der Waals surface area contributed by atoms with Gasteiger partial charge in [-0.15, -0.1) is 0 Å². The summed E-state index contributed by atoms with van der Waals surface area (Å²) in [5, 5.41) is 22.0. The van der Waals surface area contributed by atoms with Crippen LogP contribution in [0.25, 0.3) is 0 Å². The number of aliphatic hydroxyl groups is 1. The van der Waals surface area contributed by atoms with Crippen LogP contribution in [0.1, 0.15) is 67.7 Å². The number of hydrogen-bond donors (Lipinski definition) is 2. The Bertz CT molecular complexity index is 1080. The molecule has 0 aromatic heterocycles. The Morgan fingerprint density at radius 1 is 1.11 bits per heavy atom. The van der Waals surface area contributed by atoms with Crippen molar-refractivity contribution in [2.45, 2.75) is 97.4 Å². The number of carboxylic acids is 1. The van der Waals surface area contributed by atoms with E-state index in [1.165, 1.54) is 19.1 Å². The van der Waals surface area contributed by atoms with Crippen LogP contribution in [-0.4, -0.2) is 57.8 Å². The van der Waals surface area contributed by atoms with Gasteiger partial charge in [0.05, 0.1) is 6.10 Å². The second kappa shape index (κ2) is 9.14. The van der Waals surface area contributed by atoms with Crippen LogP contribution < -0.4 is 0 Å². The lowest BCUT2D eigenvalue weighted by Crippen LogP contribution is -2.71. The molecule has 3 saturated carbocycles. The zero-order chi connectivity index (χ0) is 28.6.